The van der Waals surface area contributed by atoms with Crippen LogP contribution < -0.4 is 0 Å². The molecule has 4 nitrogen and oxygen atoms in total. The van der Waals surface area contributed by atoms with Crippen molar-refractivity contribution in [1.82, 2.24) is 8.96 Å². The molecule has 0 saturated heterocycles. The fourth-order valence-corrected chi connectivity index (χ4v) is 1.79. The number of nitrogens with zero attached hydrogens (tertiary/aromatic N) is 2. The summed E-state index contributed by atoms with van der Waals surface area (Å²) >= 11 is 0. The number of alkyl halides is 3. The van der Waals surface area contributed by atoms with E-state index in [4.69, 9.17) is 0 Å². The molecule has 1 aromatic rings. The number of hydrogen-bond acceptors (Lipinski definition) is 3. The van der Waals surface area contributed by atoms with Gasteiger partial charge in [0.25, 0.3) is 0 Å². The Morgan fingerprint density at radius 2 is 2.07 bits per heavy atom. The molecule has 8 heteroatoms. The van der Waals surface area contributed by atoms with Crippen LogP contribution >= 0.6 is 0 Å². The van der Waals surface area contributed by atoms with E-state index in [0.717, 1.165) is 12.4 Å². The van der Waals surface area contributed by atoms with Gasteiger partial charge in [0.05, 0.1) is 0 Å². The molecule has 0 radical (unpaired) electrons. The maximum Gasteiger partial charge on any atom is 0.517 e. The zero-order valence-corrected chi connectivity index (χ0v) is 7.93. The summed E-state index contributed by atoms with van der Waals surface area (Å²) in [4.78, 5) is 3.50. The van der Waals surface area contributed by atoms with Gasteiger partial charge in [0, 0.05) is 18.8 Å². The fourth-order valence-electron chi connectivity index (χ4n) is 0.900. The third-order valence-corrected chi connectivity index (χ3v) is 2.98. The molecule has 80 valence electrons. The number of hydrogen-bond donors (Lipinski definition) is 0. The molecule has 0 unspecified atom stereocenters. The summed E-state index contributed by atoms with van der Waals surface area (Å²) < 4.78 is 58.2. The highest BCUT2D eigenvalue weighted by molar-refractivity contribution is 7.90. The average molecular weight is 228 g/mol. The smallest absolute Gasteiger partial charge is 0.241 e. The predicted octanol–water partition coefficient (Wildman–Crippen LogP) is 1.14. The lowest BCUT2D eigenvalue weighted by atomic mass is 10.5. The number of imidazole rings is 1. The highest BCUT2D eigenvalue weighted by Crippen LogP contribution is 2.25. The number of halogens is 3. The number of rotatable bonds is 2. The van der Waals surface area contributed by atoms with E-state index in [0.29, 0.717) is 0 Å². The van der Waals surface area contributed by atoms with Gasteiger partial charge < -0.3 is 0 Å². The Labute approximate surface area is 78.4 Å². The lowest BCUT2D eigenvalue weighted by Gasteiger charge is -2.10. The van der Waals surface area contributed by atoms with E-state index >= 15 is 0 Å². The minimum Gasteiger partial charge on any atom is -0.241 e. The Kier molecular flexibility index (Phi) is 2.57. The van der Waals surface area contributed by atoms with Gasteiger partial charge in [0.1, 0.15) is 5.82 Å². The van der Waals surface area contributed by atoms with Crippen LogP contribution in [0, 0.1) is 0 Å². The van der Waals surface area contributed by atoms with Gasteiger partial charge in [0.2, 0.25) is 0 Å². The highest BCUT2D eigenvalue weighted by Gasteiger charge is 2.47. The van der Waals surface area contributed by atoms with Crippen molar-refractivity contribution in [2.75, 3.05) is 0 Å². The molecule has 1 heterocycles. The highest BCUT2D eigenvalue weighted by atomic mass is 32.2. The summed E-state index contributed by atoms with van der Waals surface area (Å²) in [6.07, 6.45) is 1.91. The first-order valence-corrected chi connectivity index (χ1v) is 5.08. The van der Waals surface area contributed by atoms with Crippen LogP contribution in [0.2, 0.25) is 0 Å². The third-order valence-electron chi connectivity index (χ3n) is 1.55. The molecule has 0 aromatic carbocycles. The van der Waals surface area contributed by atoms with Gasteiger partial charge in [0.15, 0.2) is 0 Å². The molecular weight excluding hydrogens is 221 g/mol. The molecule has 14 heavy (non-hydrogen) atoms. The Bertz CT molecular complexity index is 421. The van der Waals surface area contributed by atoms with Crippen molar-refractivity contribution >= 4 is 10.0 Å². The van der Waals surface area contributed by atoms with Crippen LogP contribution in [-0.4, -0.2) is 22.9 Å². The van der Waals surface area contributed by atoms with E-state index in [1.807, 2.05) is 0 Å². The van der Waals surface area contributed by atoms with Crippen molar-refractivity contribution in [3.05, 3.63) is 18.2 Å². The van der Waals surface area contributed by atoms with E-state index in [9.17, 15) is 21.6 Å². The predicted molar refractivity (Wildman–Crippen MR) is 42.0 cm³/mol. The molecule has 0 spiro atoms. The lowest BCUT2D eigenvalue weighted by molar-refractivity contribution is -0.0447. The summed E-state index contributed by atoms with van der Waals surface area (Å²) in [6.45, 7) is 1.52. The van der Waals surface area contributed by atoms with Crippen molar-refractivity contribution in [3.63, 3.8) is 0 Å². The van der Waals surface area contributed by atoms with Gasteiger partial charge in [-0.25, -0.2) is 8.96 Å². The number of aromatic nitrogens is 2. The Hall–Kier alpha value is -1.05. The van der Waals surface area contributed by atoms with Crippen LogP contribution in [0.15, 0.2) is 12.4 Å². The van der Waals surface area contributed by atoms with Crippen LogP contribution in [0.5, 0.6) is 0 Å². The zero-order valence-electron chi connectivity index (χ0n) is 7.11. The quantitative estimate of drug-likeness (QED) is 0.762. The molecular formula is C6H7F3N2O2S. The van der Waals surface area contributed by atoms with Gasteiger partial charge in [-0.05, 0) is 0 Å². The third kappa shape index (κ3) is 1.61. The fraction of sp³-hybridized carbons (Fsp3) is 0.500. The van der Waals surface area contributed by atoms with Crippen molar-refractivity contribution in [1.29, 1.82) is 0 Å². The summed E-state index contributed by atoms with van der Waals surface area (Å²) in [7, 11) is -5.32. The topological polar surface area (TPSA) is 52.0 Å². The zero-order chi connectivity index (χ0) is 11.0. The van der Waals surface area contributed by atoms with E-state index in [2.05, 4.69) is 4.98 Å². The Morgan fingerprint density at radius 3 is 2.50 bits per heavy atom. The first-order valence-electron chi connectivity index (χ1n) is 3.64. The van der Waals surface area contributed by atoms with Crippen molar-refractivity contribution in [2.45, 2.75) is 18.9 Å². The molecule has 0 N–H and O–H groups in total. The molecule has 0 aliphatic carbocycles. The first kappa shape index (κ1) is 11.0. The van der Waals surface area contributed by atoms with Crippen LogP contribution in [0.4, 0.5) is 13.2 Å². The van der Waals surface area contributed by atoms with E-state index in [1.165, 1.54) is 6.92 Å². The van der Waals surface area contributed by atoms with Crippen molar-refractivity contribution < 1.29 is 21.6 Å². The van der Waals surface area contributed by atoms with Gasteiger partial charge in [-0.15, -0.1) is 0 Å². The average Bonchev–Trinajstić information content (AvgIpc) is 2.49. The Balaban J connectivity index is 3.31. The standard InChI is InChI=1S/C6H7F3N2O2S/c1-2-5-10-3-4-11(5)14(12,13)6(7,8)9/h3-4H,2H2,1H3. The molecule has 0 fully saturated rings. The molecule has 0 amide bonds. The summed E-state index contributed by atoms with van der Waals surface area (Å²) in [5.41, 5.74) is -5.29. The van der Waals surface area contributed by atoms with E-state index in [-0.39, 0.29) is 16.2 Å². The molecule has 0 saturated carbocycles. The van der Waals surface area contributed by atoms with Gasteiger partial charge in [-0.3, -0.25) is 0 Å². The van der Waals surface area contributed by atoms with Crippen molar-refractivity contribution in [3.8, 4) is 0 Å². The molecule has 0 aliphatic rings. The summed E-state index contributed by atoms with van der Waals surface area (Å²) in [5, 5.41) is 0. The largest absolute Gasteiger partial charge is 0.517 e. The lowest BCUT2D eigenvalue weighted by Crippen LogP contribution is -2.30. The summed E-state index contributed by atoms with van der Waals surface area (Å²) in [5.74, 6) is -0.137. The van der Waals surface area contributed by atoms with Crippen LogP contribution in [0.25, 0.3) is 0 Å². The van der Waals surface area contributed by atoms with Gasteiger partial charge in [-0.1, -0.05) is 6.92 Å². The van der Waals surface area contributed by atoms with Gasteiger partial charge in [-0.2, -0.15) is 21.6 Å². The summed E-state index contributed by atoms with van der Waals surface area (Å²) in [6, 6.07) is 0. The second kappa shape index (κ2) is 3.26. The minimum absolute atomic E-state index is 0.113. The van der Waals surface area contributed by atoms with Gasteiger partial charge >= 0.3 is 15.5 Å². The SMILES string of the molecule is CCc1nccn1S(=O)(=O)C(F)(F)F. The van der Waals surface area contributed by atoms with E-state index < -0.39 is 15.5 Å². The van der Waals surface area contributed by atoms with Crippen LogP contribution in [0.1, 0.15) is 12.7 Å². The molecule has 1 aromatic heterocycles. The maximum atomic E-state index is 12.1. The minimum atomic E-state index is -5.32. The second-order valence-corrected chi connectivity index (χ2v) is 4.25. The molecule has 1 rings (SSSR count). The number of aryl methyl sites for hydroxylation is 1. The Morgan fingerprint density at radius 1 is 1.50 bits per heavy atom. The normalized spacial score (nSPS) is 13.1. The van der Waals surface area contributed by atoms with Crippen LogP contribution in [-0.2, 0) is 16.4 Å². The van der Waals surface area contributed by atoms with Crippen LogP contribution in [0.3, 0.4) is 0 Å². The maximum absolute atomic E-state index is 12.1. The van der Waals surface area contributed by atoms with Crippen molar-refractivity contribution in [2.24, 2.45) is 0 Å². The molecule has 0 bridgehead atoms. The monoisotopic (exact) mass is 228 g/mol. The first-order chi connectivity index (χ1) is 6.30. The molecule has 0 atom stereocenters. The molecule has 0 aliphatic heterocycles. The second-order valence-electron chi connectivity index (χ2n) is 2.44. The van der Waals surface area contributed by atoms with E-state index in [1.54, 1.807) is 0 Å².